The molecule has 2 aromatic carbocycles. The van der Waals surface area contributed by atoms with Gasteiger partial charge in [-0.05, 0) is 41.1 Å². The molecule has 0 radical (unpaired) electrons. The number of hydrogen-bond acceptors (Lipinski definition) is 1. The third-order valence-electron chi connectivity index (χ3n) is 2.97. The number of carbonyl (C=O) groups excluding carboxylic acids is 1. The van der Waals surface area contributed by atoms with Gasteiger partial charge in [-0.15, -0.1) is 0 Å². The molecule has 0 saturated carbocycles. The van der Waals surface area contributed by atoms with Crippen LogP contribution in [0.1, 0.15) is 28.9 Å². The summed E-state index contributed by atoms with van der Waals surface area (Å²) in [5.74, 6) is -2.84. The van der Waals surface area contributed by atoms with E-state index in [-0.39, 0.29) is 11.1 Å². The molecule has 0 spiro atoms. The van der Waals surface area contributed by atoms with E-state index in [9.17, 15) is 18.0 Å². The molecule has 0 aliphatic heterocycles. The van der Waals surface area contributed by atoms with Gasteiger partial charge in [0, 0.05) is 16.1 Å². The van der Waals surface area contributed by atoms with E-state index < -0.39 is 29.4 Å². The highest BCUT2D eigenvalue weighted by molar-refractivity contribution is 9.10. The van der Waals surface area contributed by atoms with Gasteiger partial charge in [0.05, 0.1) is 11.6 Å². The molecule has 1 N–H and O–H groups in total. The van der Waals surface area contributed by atoms with Crippen molar-refractivity contribution < 1.29 is 18.0 Å². The van der Waals surface area contributed by atoms with Gasteiger partial charge in [-0.25, -0.2) is 13.2 Å². The summed E-state index contributed by atoms with van der Waals surface area (Å²) in [6.07, 6.45) is 0. The van der Waals surface area contributed by atoms with Gasteiger partial charge >= 0.3 is 0 Å². The zero-order valence-electron chi connectivity index (χ0n) is 11.0. The predicted octanol–water partition coefficient (Wildman–Crippen LogP) is 4.36. The van der Waals surface area contributed by atoms with Crippen LogP contribution in [0.25, 0.3) is 0 Å². The lowest BCUT2D eigenvalue weighted by molar-refractivity contribution is 0.0934. The number of benzene rings is 2. The molecule has 0 fully saturated rings. The van der Waals surface area contributed by atoms with Crippen LogP contribution in [0.15, 0.2) is 40.9 Å². The van der Waals surface area contributed by atoms with E-state index in [2.05, 4.69) is 21.2 Å². The third-order valence-corrected chi connectivity index (χ3v) is 3.63. The average Bonchev–Trinajstić information content (AvgIpc) is 2.37. The van der Waals surface area contributed by atoms with Crippen molar-refractivity contribution in [3.8, 4) is 0 Å². The van der Waals surface area contributed by atoms with Crippen molar-refractivity contribution in [2.75, 3.05) is 0 Å². The summed E-state index contributed by atoms with van der Waals surface area (Å²) < 4.78 is 40.5. The van der Waals surface area contributed by atoms with Crippen molar-refractivity contribution in [2.45, 2.75) is 13.0 Å². The average molecular weight is 358 g/mol. The normalized spacial score (nSPS) is 12.0. The molecule has 1 amide bonds. The first kappa shape index (κ1) is 15.6. The van der Waals surface area contributed by atoms with Gasteiger partial charge in [0.1, 0.15) is 17.5 Å². The van der Waals surface area contributed by atoms with E-state index in [1.165, 1.54) is 25.1 Å². The smallest absolute Gasteiger partial charge is 0.255 e. The van der Waals surface area contributed by atoms with Gasteiger partial charge in [-0.1, -0.05) is 12.1 Å². The second-order valence-electron chi connectivity index (χ2n) is 4.46. The zero-order valence-corrected chi connectivity index (χ0v) is 12.5. The van der Waals surface area contributed by atoms with Crippen molar-refractivity contribution in [1.29, 1.82) is 0 Å². The van der Waals surface area contributed by atoms with E-state index in [0.29, 0.717) is 4.47 Å². The van der Waals surface area contributed by atoms with Crippen LogP contribution >= 0.6 is 15.9 Å². The Hall–Kier alpha value is -1.82. The Morgan fingerprint density at radius 3 is 2.48 bits per heavy atom. The second-order valence-corrected chi connectivity index (χ2v) is 5.31. The van der Waals surface area contributed by atoms with E-state index in [0.717, 1.165) is 18.2 Å². The molecule has 0 saturated heterocycles. The lowest BCUT2D eigenvalue weighted by atomic mass is 10.1. The topological polar surface area (TPSA) is 29.1 Å². The molecule has 6 heteroatoms. The number of nitrogens with one attached hydrogen (secondary N) is 1. The zero-order chi connectivity index (χ0) is 15.6. The Morgan fingerprint density at radius 2 is 1.86 bits per heavy atom. The molecule has 2 aromatic rings. The maximum absolute atomic E-state index is 13.7. The molecular weight excluding hydrogens is 347 g/mol. The molecule has 0 aromatic heterocycles. The van der Waals surface area contributed by atoms with E-state index in [4.69, 9.17) is 0 Å². The first-order valence-electron chi connectivity index (χ1n) is 6.10. The standard InChI is InChI=1S/C15H11BrF3NO/c1-8(10-6-5-9(17)7-13(10)19)20-15(21)14-11(16)3-2-4-12(14)18/h2-8H,1H3,(H,20,21). The van der Waals surface area contributed by atoms with Crippen molar-refractivity contribution in [1.82, 2.24) is 5.32 Å². The molecule has 21 heavy (non-hydrogen) atoms. The highest BCUT2D eigenvalue weighted by Gasteiger charge is 2.19. The molecule has 2 rings (SSSR count). The Balaban J connectivity index is 2.23. The van der Waals surface area contributed by atoms with Crippen molar-refractivity contribution in [2.24, 2.45) is 0 Å². The second kappa shape index (κ2) is 6.30. The summed E-state index contributed by atoms with van der Waals surface area (Å²) >= 11 is 3.09. The summed E-state index contributed by atoms with van der Waals surface area (Å²) in [5, 5.41) is 2.48. The largest absolute Gasteiger partial charge is 0.345 e. The highest BCUT2D eigenvalue weighted by Crippen LogP contribution is 2.22. The fourth-order valence-corrected chi connectivity index (χ4v) is 2.44. The molecular formula is C15H11BrF3NO. The molecule has 0 aliphatic rings. The summed E-state index contributed by atoms with van der Waals surface area (Å²) in [7, 11) is 0. The van der Waals surface area contributed by atoms with Gasteiger partial charge in [0.2, 0.25) is 0 Å². The lowest BCUT2D eigenvalue weighted by Crippen LogP contribution is -2.28. The molecule has 1 unspecified atom stereocenters. The minimum absolute atomic E-state index is 0.122. The van der Waals surface area contributed by atoms with Crippen molar-refractivity contribution in [3.05, 3.63) is 69.4 Å². The Bertz CT molecular complexity index is 670. The van der Waals surface area contributed by atoms with Crippen LogP contribution in [0.4, 0.5) is 13.2 Å². The molecule has 0 heterocycles. The van der Waals surface area contributed by atoms with Gasteiger partial charge in [-0.3, -0.25) is 4.79 Å². The number of rotatable bonds is 3. The van der Waals surface area contributed by atoms with E-state index >= 15 is 0 Å². The molecule has 2 nitrogen and oxygen atoms in total. The van der Waals surface area contributed by atoms with Gasteiger partial charge in [0.25, 0.3) is 5.91 Å². The fraction of sp³-hybridized carbons (Fsp3) is 0.133. The Labute approximate surface area is 128 Å². The Kier molecular flexibility index (Phi) is 4.67. The van der Waals surface area contributed by atoms with Crippen LogP contribution in [0, 0.1) is 17.5 Å². The van der Waals surface area contributed by atoms with Gasteiger partial charge in [0.15, 0.2) is 0 Å². The first-order valence-corrected chi connectivity index (χ1v) is 6.89. The third kappa shape index (κ3) is 3.44. The fourth-order valence-electron chi connectivity index (χ4n) is 1.91. The number of carbonyl (C=O) groups is 1. The number of hydrogen-bond donors (Lipinski definition) is 1. The summed E-state index contributed by atoms with van der Waals surface area (Å²) in [5.41, 5.74) is -0.0379. The van der Waals surface area contributed by atoms with E-state index in [1.54, 1.807) is 0 Å². The van der Waals surface area contributed by atoms with Gasteiger partial charge in [-0.2, -0.15) is 0 Å². The van der Waals surface area contributed by atoms with Crippen LogP contribution in [0.2, 0.25) is 0 Å². The van der Waals surface area contributed by atoms with Crippen LogP contribution in [0.3, 0.4) is 0 Å². The van der Waals surface area contributed by atoms with Crippen LogP contribution in [-0.2, 0) is 0 Å². The summed E-state index contributed by atoms with van der Waals surface area (Å²) in [6.45, 7) is 1.53. The highest BCUT2D eigenvalue weighted by atomic mass is 79.9. The molecule has 110 valence electrons. The maximum atomic E-state index is 13.7. The maximum Gasteiger partial charge on any atom is 0.255 e. The van der Waals surface area contributed by atoms with Crippen LogP contribution < -0.4 is 5.32 Å². The van der Waals surface area contributed by atoms with Crippen molar-refractivity contribution >= 4 is 21.8 Å². The number of amides is 1. The Morgan fingerprint density at radius 1 is 1.14 bits per heavy atom. The molecule has 1 atom stereocenters. The molecule has 0 bridgehead atoms. The van der Waals surface area contributed by atoms with Crippen molar-refractivity contribution in [3.63, 3.8) is 0 Å². The quantitative estimate of drug-likeness (QED) is 0.868. The summed E-state index contributed by atoms with van der Waals surface area (Å²) in [6, 6.07) is 6.48. The predicted molar refractivity (Wildman–Crippen MR) is 76.3 cm³/mol. The first-order chi connectivity index (χ1) is 9.90. The minimum atomic E-state index is -0.768. The van der Waals surface area contributed by atoms with Gasteiger partial charge < -0.3 is 5.32 Å². The lowest BCUT2D eigenvalue weighted by Gasteiger charge is -2.16. The van der Waals surface area contributed by atoms with E-state index in [1.807, 2.05) is 0 Å². The monoisotopic (exact) mass is 357 g/mol. The molecule has 0 aliphatic carbocycles. The SMILES string of the molecule is CC(NC(=O)c1c(F)cccc1Br)c1ccc(F)cc1F. The van der Waals surface area contributed by atoms with Crippen LogP contribution in [-0.4, -0.2) is 5.91 Å². The minimum Gasteiger partial charge on any atom is -0.345 e. The summed E-state index contributed by atoms with van der Waals surface area (Å²) in [4.78, 5) is 12.1. The number of halogens is 4. The van der Waals surface area contributed by atoms with Crippen LogP contribution in [0.5, 0.6) is 0 Å².